The van der Waals surface area contributed by atoms with Gasteiger partial charge in [-0.1, -0.05) is 23.8 Å². The van der Waals surface area contributed by atoms with Crippen molar-refractivity contribution in [3.63, 3.8) is 0 Å². The van der Waals surface area contributed by atoms with Crippen molar-refractivity contribution in [2.24, 2.45) is 11.5 Å². The maximum absolute atomic E-state index is 6.76. The third-order valence-corrected chi connectivity index (χ3v) is 6.55. The fourth-order valence-electron chi connectivity index (χ4n) is 5.00. The molecule has 2 aliphatic rings. The van der Waals surface area contributed by atoms with Gasteiger partial charge in [0.25, 0.3) is 0 Å². The molecule has 4 rings (SSSR count). The Morgan fingerprint density at radius 1 is 1.10 bits per heavy atom. The van der Waals surface area contributed by atoms with Crippen molar-refractivity contribution in [1.29, 1.82) is 0 Å². The zero-order valence-corrected chi connectivity index (χ0v) is 17.8. The van der Waals surface area contributed by atoms with Gasteiger partial charge in [0, 0.05) is 37.6 Å². The highest BCUT2D eigenvalue weighted by molar-refractivity contribution is 5.50. The molecule has 29 heavy (non-hydrogen) atoms. The Bertz CT molecular complexity index is 883. The number of hydrogen-bond acceptors (Lipinski definition) is 5. The predicted octanol–water partition coefficient (Wildman–Crippen LogP) is 3.06. The first-order valence-corrected chi connectivity index (χ1v) is 10.6. The minimum absolute atomic E-state index is 0.141. The van der Waals surface area contributed by atoms with Crippen LogP contribution in [0.1, 0.15) is 46.2 Å². The van der Waals surface area contributed by atoms with E-state index >= 15 is 0 Å². The van der Waals surface area contributed by atoms with Crippen LogP contribution in [0.5, 0.6) is 11.5 Å². The van der Waals surface area contributed by atoms with E-state index in [0.717, 1.165) is 37.4 Å². The average Bonchev–Trinajstić information content (AvgIpc) is 2.72. The Morgan fingerprint density at radius 3 is 2.69 bits per heavy atom. The summed E-state index contributed by atoms with van der Waals surface area (Å²) in [6, 6.07) is 11.5. The van der Waals surface area contributed by atoms with E-state index in [1.807, 2.05) is 0 Å². The summed E-state index contributed by atoms with van der Waals surface area (Å²) in [5, 5.41) is 0. The molecule has 4 N–H and O–H groups in total. The molecule has 156 valence electrons. The van der Waals surface area contributed by atoms with Crippen LogP contribution in [0.3, 0.4) is 0 Å². The molecule has 2 aromatic carbocycles. The Hall–Kier alpha value is -2.08. The minimum atomic E-state index is 0.141. The fourth-order valence-corrected chi connectivity index (χ4v) is 5.00. The first kappa shape index (κ1) is 20.2. The van der Waals surface area contributed by atoms with Crippen molar-refractivity contribution in [1.82, 2.24) is 4.90 Å². The molecule has 2 aromatic rings. The number of hydrogen-bond donors (Lipinski definition) is 2. The lowest BCUT2D eigenvalue weighted by Crippen LogP contribution is -2.49. The summed E-state index contributed by atoms with van der Waals surface area (Å²) in [7, 11) is 1.70. The Balaban J connectivity index is 1.62. The molecule has 3 atom stereocenters. The molecule has 2 heterocycles. The number of fused-ring (bicyclic) bond motifs is 3. The maximum atomic E-state index is 6.76. The molecule has 0 saturated carbocycles. The first-order valence-electron chi connectivity index (χ1n) is 10.6. The number of nitrogens with two attached hydrogens (primary N) is 2. The highest BCUT2D eigenvalue weighted by Crippen LogP contribution is 2.44. The molecule has 2 aliphatic heterocycles. The molecule has 1 fully saturated rings. The van der Waals surface area contributed by atoms with E-state index < -0.39 is 0 Å². The maximum Gasteiger partial charge on any atom is 0.161 e. The number of aryl methyl sites for hydroxylation is 2. The van der Waals surface area contributed by atoms with Gasteiger partial charge < -0.3 is 20.9 Å². The molecular weight excluding hydrogens is 362 g/mol. The third kappa shape index (κ3) is 3.87. The molecule has 5 nitrogen and oxygen atoms in total. The van der Waals surface area contributed by atoms with Crippen molar-refractivity contribution in [3.05, 3.63) is 58.1 Å². The smallest absolute Gasteiger partial charge is 0.161 e. The van der Waals surface area contributed by atoms with Gasteiger partial charge in [-0.2, -0.15) is 0 Å². The lowest BCUT2D eigenvalue weighted by atomic mass is 9.77. The van der Waals surface area contributed by atoms with Gasteiger partial charge in [-0.15, -0.1) is 0 Å². The second kappa shape index (κ2) is 8.34. The quantitative estimate of drug-likeness (QED) is 0.814. The van der Waals surface area contributed by atoms with Gasteiger partial charge in [0.15, 0.2) is 11.5 Å². The molecule has 5 heteroatoms. The van der Waals surface area contributed by atoms with Gasteiger partial charge in [0.05, 0.1) is 7.11 Å². The zero-order valence-electron chi connectivity index (χ0n) is 17.8. The zero-order chi connectivity index (χ0) is 20.5. The Labute approximate surface area is 174 Å². The van der Waals surface area contributed by atoms with Gasteiger partial charge in [-0.25, -0.2) is 0 Å². The normalized spacial score (nSPS) is 24.0. The Morgan fingerprint density at radius 2 is 1.93 bits per heavy atom. The summed E-state index contributed by atoms with van der Waals surface area (Å²) >= 11 is 0. The first-order chi connectivity index (χ1) is 14.0. The molecule has 0 aromatic heterocycles. The summed E-state index contributed by atoms with van der Waals surface area (Å²) in [6.45, 7) is 7.40. The van der Waals surface area contributed by atoms with Gasteiger partial charge in [0.2, 0.25) is 0 Å². The van der Waals surface area contributed by atoms with Crippen LogP contribution < -0.4 is 20.9 Å². The van der Waals surface area contributed by atoms with Crippen LogP contribution in [0.25, 0.3) is 0 Å². The van der Waals surface area contributed by atoms with Crippen molar-refractivity contribution in [2.75, 3.05) is 33.4 Å². The predicted molar refractivity (Wildman–Crippen MR) is 117 cm³/mol. The number of piperidine rings is 1. The summed E-state index contributed by atoms with van der Waals surface area (Å²) in [5.74, 6) is 1.95. The third-order valence-electron chi connectivity index (χ3n) is 6.55. The largest absolute Gasteiger partial charge is 0.493 e. The van der Waals surface area contributed by atoms with Gasteiger partial charge in [-0.3, -0.25) is 4.90 Å². The average molecular weight is 396 g/mol. The SMILES string of the molecule is COc1cc2c(cc1OCCN)CCN1C[C@@H](c3cc(C)ccc3C)[C@H](N)C[C@H]21. The fraction of sp³-hybridized carbons (Fsp3) is 0.500. The van der Waals surface area contributed by atoms with Crippen LogP contribution in [0.4, 0.5) is 0 Å². The van der Waals surface area contributed by atoms with Crippen molar-refractivity contribution >= 4 is 0 Å². The number of rotatable bonds is 5. The van der Waals surface area contributed by atoms with Gasteiger partial charge >= 0.3 is 0 Å². The topological polar surface area (TPSA) is 73.7 Å². The Kier molecular flexibility index (Phi) is 5.81. The van der Waals surface area contributed by atoms with Gasteiger partial charge in [-0.05, 0) is 61.1 Å². The van der Waals surface area contributed by atoms with Gasteiger partial charge in [0.1, 0.15) is 6.61 Å². The summed E-state index contributed by atoms with van der Waals surface area (Å²) in [4.78, 5) is 2.61. The van der Waals surface area contributed by atoms with E-state index in [-0.39, 0.29) is 6.04 Å². The second-order valence-corrected chi connectivity index (χ2v) is 8.47. The number of ether oxygens (including phenoxy) is 2. The highest BCUT2D eigenvalue weighted by Gasteiger charge is 2.39. The van der Waals surface area contributed by atoms with E-state index in [2.05, 4.69) is 49.1 Å². The lowest BCUT2D eigenvalue weighted by Gasteiger charge is -2.46. The van der Waals surface area contributed by atoms with Crippen LogP contribution in [0.2, 0.25) is 0 Å². The summed E-state index contributed by atoms with van der Waals surface area (Å²) in [5.41, 5.74) is 19.1. The highest BCUT2D eigenvalue weighted by atomic mass is 16.5. The van der Waals surface area contributed by atoms with Crippen LogP contribution in [-0.4, -0.2) is 44.3 Å². The van der Waals surface area contributed by atoms with Crippen LogP contribution in [0.15, 0.2) is 30.3 Å². The molecule has 1 saturated heterocycles. The monoisotopic (exact) mass is 395 g/mol. The molecule has 0 bridgehead atoms. The van der Waals surface area contributed by atoms with E-state index in [9.17, 15) is 0 Å². The van der Waals surface area contributed by atoms with E-state index in [0.29, 0.717) is 25.1 Å². The second-order valence-electron chi connectivity index (χ2n) is 8.47. The van der Waals surface area contributed by atoms with Crippen LogP contribution >= 0.6 is 0 Å². The van der Waals surface area contributed by atoms with Crippen molar-refractivity contribution in [2.45, 2.75) is 44.7 Å². The van der Waals surface area contributed by atoms with Crippen LogP contribution in [0, 0.1) is 13.8 Å². The van der Waals surface area contributed by atoms with E-state index in [4.69, 9.17) is 20.9 Å². The molecule has 0 unspecified atom stereocenters. The number of methoxy groups -OCH3 is 1. The van der Waals surface area contributed by atoms with E-state index in [1.54, 1.807) is 7.11 Å². The molecular formula is C24H33N3O2. The molecule has 0 spiro atoms. The van der Waals surface area contributed by atoms with E-state index in [1.165, 1.54) is 27.8 Å². The molecule has 0 amide bonds. The standard InChI is InChI=1S/C24H33N3O2/c1-15-4-5-16(2)18(10-15)20-14-27-8-6-17-11-24(29-9-7-25)23(28-3)12-19(17)22(27)13-21(20)26/h4-5,10-12,20-22H,6-9,13-14,25-26H2,1-3H3/t20-,21+,22+/m0/s1. The van der Waals surface area contributed by atoms with Crippen molar-refractivity contribution in [3.8, 4) is 11.5 Å². The summed E-state index contributed by atoms with van der Waals surface area (Å²) in [6.07, 6.45) is 1.97. The number of nitrogens with zero attached hydrogens (tertiary/aromatic N) is 1. The number of benzene rings is 2. The van der Waals surface area contributed by atoms with Crippen molar-refractivity contribution < 1.29 is 9.47 Å². The van der Waals surface area contributed by atoms with Crippen LogP contribution in [-0.2, 0) is 6.42 Å². The minimum Gasteiger partial charge on any atom is -0.493 e. The molecule has 0 radical (unpaired) electrons. The summed E-state index contributed by atoms with van der Waals surface area (Å²) < 4.78 is 11.4. The molecule has 0 aliphatic carbocycles. The lowest BCUT2D eigenvalue weighted by molar-refractivity contribution is 0.109.